The van der Waals surface area contributed by atoms with Crippen molar-refractivity contribution in [2.45, 2.75) is 46.6 Å². The number of unbranched alkanes of at least 4 members (excludes halogenated alkanes) is 1. The number of aryl methyl sites for hydroxylation is 1. The standard InChI is InChI=1S/C30H32N2O7S/c1-5-8-16-39-22-11-9-10-20(17-22)24-23(25(33)19-12-14-21(15-13-19)37-6-2)26(34)28(35)32(24)30-31-18(4)27(40-30)29(36)38-7-3/h9-15,17,24,33H,5-8,16H2,1-4H3. The lowest BCUT2D eigenvalue weighted by Crippen LogP contribution is -2.29. The first-order chi connectivity index (χ1) is 19.3. The Labute approximate surface area is 237 Å². The molecule has 9 nitrogen and oxygen atoms in total. The molecule has 0 spiro atoms. The van der Waals surface area contributed by atoms with Gasteiger partial charge in [-0.15, -0.1) is 0 Å². The Balaban J connectivity index is 1.85. The summed E-state index contributed by atoms with van der Waals surface area (Å²) in [4.78, 5) is 45.4. The van der Waals surface area contributed by atoms with Crippen molar-refractivity contribution >= 4 is 39.9 Å². The summed E-state index contributed by atoms with van der Waals surface area (Å²) in [6.07, 6.45) is 1.84. The number of aliphatic hydroxyl groups is 1. The van der Waals surface area contributed by atoms with E-state index in [1.54, 1.807) is 62.4 Å². The first kappa shape index (κ1) is 28.8. The molecule has 0 bridgehead atoms. The van der Waals surface area contributed by atoms with E-state index in [0.29, 0.717) is 41.5 Å². The molecule has 0 saturated carbocycles. The molecule has 1 aromatic heterocycles. The summed E-state index contributed by atoms with van der Waals surface area (Å²) in [6, 6.07) is 12.7. The van der Waals surface area contributed by atoms with Gasteiger partial charge in [0, 0.05) is 5.56 Å². The molecule has 1 fully saturated rings. The summed E-state index contributed by atoms with van der Waals surface area (Å²) in [5.74, 6) is -1.43. The van der Waals surface area contributed by atoms with E-state index in [2.05, 4.69) is 11.9 Å². The van der Waals surface area contributed by atoms with Crippen molar-refractivity contribution in [3.8, 4) is 11.5 Å². The molecule has 2 aromatic carbocycles. The van der Waals surface area contributed by atoms with Crippen LogP contribution in [0.3, 0.4) is 0 Å². The number of aliphatic hydroxyl groups excluding tert-OH is 1. The fourth-order valence-corrected chi connectivity index (χ4v) is 5.34. The van der Waals surface area contributed by atoms with Crippen LogP contribution in [0.25, 0.3) is 5.76 Å². The van der Waals surface area contributed by atoms with Crippen molar-refractivity contribution in [3.63, 3.8) is 0 Å². The molecule has 4 rings (SSSR count). The molecular formula is C30H32N2O7S. The average Bonchev–Trinajstić information content (AvgIpc) is 3.46. The predicted molar refractivity (Wildman–Crippen MR) is 152 cm³/mol. The predicted octanol–water partition coefficient (Wildman–Crippen LogP) is 5.83. The average molecular weight is 565 g/mol. The minimum absolute atomic E-state index is 0.0922. The number of aromatic nitrogens is 1. The second kappa shape index (κ2) is 12.8. The Morgan fingerprint density at radius 3 is 2.45 bits per heavy atom. The molecule has 0 aliphatic carbocycles. The van der Waals surface area contributed by atoms with E-state index in [-0.39, 0.29) is 27.9 Å². The van der Waals surface area contributed by atoms with Crippen molar-refractivity contribution < 1.29 is 33.7 Å². The molecule has 1 amide bonds. The largest absolute Gasteiger partial charge is 0.507 e. The third-order valence-electron chi connectivity index (χ3n) is 6.28. The maximum absolute atomic E-state index is 13.5. The van der Waals surface area contributed by atoms with Gasteiger partial charge in [0.15, 0.2) is 5.13 Å². The molecule has 10 heteroatoms. The second-order valence-electron chi connectivity index (χ2n) is 9.03. The molecule has 40 heavy (non-hydrogen) atoms. The molecule has 1 saturated heterocycles. The van der Waals surface area contributed by atoms with Gasteiger partial charge in [-0.3, -0.25) is 14.5 Å². The van der Waals surface area contributed by atoms with E-state index in [4.69, 9.17) is 14.2 Å². The number of ether oxygens (including phenoxy) is 3. The molecular weight excluding hydrogens is 532 g/mol. The zero-order chi connectivity index (χ0) is 28.8. The van der Waals surface area contributed by atoms with Gasteiger partial charge < -0.3 is 19.3 Å². The lowest BCUT2D eigenvalue weighted by Gasteiger charge is -2.23. The molecule has 1 unspecified atom stereocenters. The van der Waals surface area contributed by atoms with Gasteiger partial charge >= 0.3 is 11.9 Å². The van der Waals surface area contributed by atoms with Gasteiger partial charge in [0.2, 0.25) is 0 Å². The smallest absolute Gasteiger partial charge is 0.350 e. The number of ketones is 1. The number of carbonyl (C=O) groups is 3. The van der Waals surface area contributed by atoms with Crippen LogP contribution in [0.2, 0.25) is 0 Å². The molecule has 0 radical (unpaired) electrons. The van der Waals surface area contributed by atoms with Crippen LogP contribution in [-0.2, 0) is 14.3 Å². The number of esters is 1. The molecule has 2 heterocycles. The van der Waals surface area contributed by atoms with Crippen LogP contribution in [0.15, 0.2) is 54.1 Å². The zero-order valence-corrected chi connectivity index (χ0v) is 23.7. The first-order valence-electron chi connectivity index (χ1n) is 13.2. The Morgan fingerprint density at radius 2 is 1.77 bits per heavy atom. The minimum Gasteiger partial charge on any atom is -0.507 e. The number of amides is 1. The molecule has 1 aliphatic rings. The number of anilines is 1. The number of rotatable bonds is 11. The fraction of sp³-hybridized carbons (Fsp3) is 0.333. The van der Waals surface area contributed by atoms with Crippen molar-refractivity contribution in [1.82, 2.24) is 4.98 Å². The highest BCUT2D eigenvalue weighted by atomic mass is 32.1. The Bertz CT molecular complexity index is 1430. The SMILES string of the molecule is CCCCOc1cccc(C2C(=C(O)c3ccc(OCC)cc3)C(=O)C(=O)N2c2nc(C)c(C(=O)OCC)s2)c1. The van der Waals surface area contributed by atoms with E-state index >= 15 is 0 Å². The quantitative estimate of drug-likeness (QED) is 0.102. The van der Waals surface area contributed by atoms with Gasteiger partial charge in [-0.2, -0.15) is 0 Å². The number of hydrogen-bond acceptors (Lipinski definition) is 9. The summed E-state index contributed by atoms with van der Waals surface area (Å²) in [7, 11) is 0. The van der Waals surface area contributed by atoms with E-state index in [1.807, 2.05) is 6.92 Å². The number of Topliss-reactive ketones (excluding diaryl/α,β-unsaturated/α-hetero) is 1. The van der Waals surface area contributed by atoms with Crippen LogP contribution >= 0.6 is 11.3 Å². The highest BCUT2D eigenvalue weighted by Gasteiger charge is 2.48. The fourth-order valence-electron chi connectivity index (χ4n) is 4.36. The molecule has 1 aliphatic heterocycles. The minimum atomic E-state index is -1.01. The lowest BCUT2D eigenvalue weighted by atomic mass is 9.95. The van der Waals surface area contributed by atoms with E-state index in [9.17, 15) is 19.5 Å². The van der Waals surface area contributed by atoms with Crippen LogP contribution in [0.4, 0.5) is 5.13 Å². The van der Waals surface area contributed by atoms with Gasteiger partial charge in [0.25, 0.3) is 5.78 Å². The van der Waals surface area contributed by atoms with E-state index in [0.717, 1.165) is 24.2 Å². The third-order valence-corrected chi connectivity index (χ3v) is 7.41. The van der Waals surface area contributed by atoms with Crippen molar-refractivity contribution in [2.75, 3.05) is 24.7 Å². The maximum atomic E-state index is 13.5. The van der Waals surface area contributed by atoms with Gasteiger partial charge in [0.1, 0.15) is 22.1 Å². The Morgan fingerprint density at radius 1 is 1.02 bits per heavy atom. The zero-order valence-electron chi connectivity index (χ0n) is 22.9. The summed E-state index contributed by atoms with van der Waals surface area (Å²) < 4.78 is 16.5. The van der Waals surface area contributed by atoms with Crippen LogP contribution in [-0.4, -0.2) is 47.6 Å². The van der Waals surface area contributed by atoms with Crippen molar-refractivity contribution in [3.05, 3.63) is 75.8 Å². The van der Waals surface area contributed by atoms with Gasteiger partial charge in [-0.1, -0.05) is 36.8 Å². The number of thiazole rings is 1. The van der Waals surface area contributed by atoms with Crippen LogP contribution in [0.5, 0.6) is 11.5 Å². The normalized spacial score (nSPS) is 16.3. The van der Waals surface area contributed by atoms with Gasteiger partial charge in [0.05, 0.1) is 37.1 Å². The Kier molecular flexibility index (Phi) is 9.21. The topological polar surface area (TPSA) is 115 Å². The summed E-state index contributed by atoms with van der Waals surface area (Å²) in [5.41, 5.74) is 1.18. The van der Waals surface area contributed by atoms with E-state index in [1.165, 1.54) is 4.90 Å². The maximum Gasteiger partial charge on any atom is 0.350 e. The van der Waals surface area contributed by atoms with Crippen LogP contribution < -0.4 is 14.4 Å². The number of benzene rings is 2. The first-order valence-corrected chi connectivity index (χ1v) is 14.0. The summed E-state index contributed by atoms with van der Waals surface area (Å²) in [5, 5.41) is 11.6. The number of hydrogen-bond donors (Lipinski definition) is 1. The summed E-state index contributed by atoms with van der Waals surface area (Å²) in [6.45, 7) is 8.44. The monoisotopic (exact) mass is 564 g/mol. The van der Waals surface area contributed by atoms with Crippen LogP contribution in [0, 0.1) is 6.92 Å². The summed E-state index contributed by atoms with van der Waals surface area (Å²) >= 11 is 0.962. The van der Waals surface area contributed by atoms with Crippen molar-refractivity contribution in [1.29, 1.82) is 0 Å². The molecule has 210 valence electrons. The number of carbonyl (C=O) groups excluding carboxylic acids is 3. The van der Waals surface area contributed by atoms with Gasteiger partial charge in [-0.05, 0) is 69.2 Å². The van der Waals surface area contributed by atoms with E-state index < -0.39 is 23.7 Å². The highest BCUT2D eigenvalue weighted by molar-refractivity contribution is 7.17. The number of nitrogens with zero attached hydrogens (tertiary/aromatic N) is 2. The second-order valence-corrected chi connectivity index (χ2v) is 10.0. The molecule has 3 aromatic rings. The third kappa shape index (κ3) is 5.86. The van der Waals surface area contributed by atoms with Gasteiger partial charge in [-0.25, -0.2) is 9.78 Å². The highest BCUT2D eigenvalue weighted by Crippen LogP contribution is 2.44. The van der Waals surface area contributed by atoms with Crippen LogP contribution in [0.1, 0.15) is 66.1 Å². The Hall–Kier alpha value is -4.18. The lowest BCUT2D eigenvalue weighted by molar-refractivity contribution is -0.132. The molecule has 1 atom stereocenters. The molecule has 1 N–H and O–H groups in total. The van der Waals surface area contributed by atoms with Crippen molar-refractivity contribution in [2.24, 2.45) is 0 Å².